The molecule has 0 aromatic heterocycles. The predicted octanol–water partition coefficient (Wildman–Crippen LogP) is 3.63. The lowest BCUT2D eigenvalue weighted by atomic mass is 9.75. The van der Waals surface area contributed by atoms with Gasteiger partial charge in [0.05, 0.1) is 0 Å². The molecule has 1 nitrogen and oxygen atoms in total. The Morgan fingerprint density at radius 2 is 2.06 bits per heavy atom. The van der Waals surface area contributed by atoms with E-state index >= 15 is 0 Å². The van der Waals surface area contributed by atoms with Crippen LogP contribution in [-0.2, 0) is 0 Å². The summed E-state index contributed by atoms with van der Waals surface area (Å²) in [5.41, 5.74) is 3.58. The van der Waals surface area contributed by atoms with Crippen LogP contribution in [0, 0.1) is 12.3 Å². The maximum Gasteiger partial charge on any atom is 0.00789 e. The Bertz CT molecular complexity index is 400. The van der Waals surface area contributed by atoms with Gasteiger partial charge in [-0.1, -0.05) is 36.8 Å². The van der Waals surface area contributed by atoms with E-state index in [-0.39, 0.29) is 0 Å². The smallest absolute Gasteiger partial charge is 0.00789 e. The molecule has 0 bridgehead atoms. The molecule has 0 amide bonds. The van der Waals surface area contributed by atoms with E-state index in [1.807, 2.05) is 0 Å². The number of hydrogen-bond acceptors (Lipinski definition) is 1. The molecule has 1 aromatic rings. The first-order chi connectivity index (χ1) is 8.15. The Morgan fingerprint density at radius 1 is 1.29 bits per heavy atom. The lowest BCUT2D eigenvalue weighted by molar-refractivity contribution is 0.275. The maximum atomic E-state index is 3.74. The number of rotatable bonds is 4. The zero-order chi connectivity index (χ0) is 11.9. The van der Waals surface area contributed by atoms with E-state index in [4.69, 9.17) is 0 Å². The van der Waals surface area contributed by atoms with Crippen LogP contribution in [0.4, 0.5) is 0 Å². The van der Waals surface area contributed by atoms with Crippen LogP contribution in [0.15, 0.2) is 24.3 Å². The third-order valence-corrected chi connectivity index (χ3v) is 4.57. The molecule has 0 atom stereocenters. The minimum absolute atomic E-state index is 0.647. The SMILES string of the molecule is Cc1cccc(C2CC(NCC3(C)CC3)C2)c1. The fourth-order valence-electron chi connectivity index (χ4n) is 2.76. The summed E-state index contributed by atoms with van der Waals surface area (Å²) in [6.45, 7) is 5.82. The Labute approximate surface area is 105 Å². The molecule has 1 N–H and O–H groups in total. The van der Waals surface area contributed by atoms with Crippen LogP contribution in [0.2, 0.25) is 0 Å². The van der Waals surface area contributed by atoms with Crippen molar-refractivity contribution in [3.05, 3.63) is 35.4 Å². The van der Waals surface area contributed by atoms with Gasteiger partial charge in [0.2, 0.25) is 0 Å². The third-order valence-electron chi connectivity index (χ3n) is 4.57. The molecule has 0 radical (unpaired) electrons. The van der Waals surface area contributed by atoms with Gasteiger partial charge in [0, 0.05) is 12.6 Å². The van der Waals surface area contributed by atoms with Crippen molar-refractivity contribution in [2.75, 3.05) is 6.54 Å². The largest absolute Gasteiger partial charge is 0.313 e. The molecule has 2 fully saturated rings. The van der Waals surface area contributed by atoms with Crippen molar-refractivity contribution < 1.29 is 0 Å². The summed E-state index contributed by atoms with van der Waals surface area (Å²) < 4.78 is 0. The van der Waals surface area contributed by atoms with Crippen LogP contribution >= 0.6 is 0 Å². The Morgan fingerprint density at radius 3 is 2.71 bits per heavy atom. The summed E-state index contributed by atoms with van der Waals surface area (Å²) >= 11 is 0. The van der Waals surface area contributed by atoms with Gasteiger partial charge in [-0.2, -0.15) is 0 Å². The molecule has 0 aliphatic heterocycles. The second-order valence-electron chi connectivity index (χ2n) is 6.47. The van der Waals surface area contributed by atoms with E-state index in [9.17, 15) is 0 Å². The van der Waals surface area contributed by atoms with Crippen molar-refractivity contribution in [2.45, 2.75) is 51.5 Å². The summed E-state index contributed by atoms with van der Waals surface area (Å²) in [5, 5.41) is 3.74. The average molecular weight is 229 g/mol. The van der Waals surface area contributed by atoms with Crippen LogP contribution in [-0.4, -0.2) is 12.6 Å². The summed E-state index contributed by atoms with van der Waals surface area (Å²) in [7, 11) is 0. The lowest BCUT2D eigenvalue weighted by Crippen LogP contribution is -2.42. The van der Waals surface area contributed by atoms with Gasteiger partial charge in [-0.15, -0.1) is 0 Å². The number of aryl methyl sites for hydroxylation is 1. The molecule has 3 rings (SSSR count). The molecule has 1 aromatic carbocycles. The molecule has 2 aliphatic rings. The minimum Gasteiger partial charge on any atom is -0.313 e. The van der Waals surface area contributed by atoms with Crippen LogP contribution in [0.25, 0.3) is 0 Å². The van der Waals surface area contributed by atoms with Crippen molar-refractivity contribution in [3.63, 3.8) is 0 Å². The number of benzene rings is 1. The first-order valence-electron chi connectivity index (χ1n) is 6.95. The third kappa shape index (κ3) is 2.55. The molecule has 1 heteroatoms. The van der Waals surface area contributed by atoms with Gasteiger partial charge in [0.1, 0.15) is 0 Å². The van der Waals surface area contributed by atoms with E-state index in [1.165, 1.54) is 37.8 Å². The second kappa shape index (κ2) is 4.13. The van der Waals surface area contributed by atoms with E-state index in [2.05, 4.69) is 43.4 Å². The van der Waals surface area contributed by atoms with Gasteiger partial charge in [0.15, 0.2) is 0 Å². The highest BCUT2D eigenvalue weighted by Crippen LogP contribution is 2.45. The van der Waals surface area contributed by atoms with Crippen LogP contribution < -0.4 is 5.32 Å². The van der Waals surface area contributed by atoms with Crippen LogP contribution in [0.3, 0.4) is 0 Å². The van der Waals surface area contributed by atoms with Gasteiger partial charge in [-0.05, 0) is 49.5 Å². The van der Waals surface area contributed by atoms with E-state index in [0.29, 0.717) is 5.41 Å². The van der Waals surface area contributed by atoms with Crippen molar-refractivity contribution in [2.24, 2.45) is 5.41 Å². The zero-order valence-corrected chi connectivity index (χ0v) is 11.0. The highest BCUT2D eigenvalue weighted by Gasteiger charge is 2.39. The highest BCUT2D eigenvalue weighted by molar-refractivity contribution is 5.27. The highest BCUT2D eigenvalue weighted by atomic mass is 14.9. The van der Waals surface area contributed by atoms with Crippen molar-refractivity contribution in [1.29, 1.82) is 0 Å². The average Bonchev–Trinajstić information content (AvgIpc) is 2.94. The topological polar surface area (TPSA) is 12.0 Å². The molecule has 0 heterocycles. The Balaban J connectivity index is 1.47. The number of nitrogens with one attached hydrogen (secondary N) is 1. The summed E-state index contributed by atoms with van der Waals surface area (Å²) in [4.78, 5) is 0. The van der Waals surface area contributed by atoms with Gasteiger partial charge in [0.25, 0.3) is 0 Å². The first-order valence-corrected chi connectivity index (χ1v) is 6.95. The minimum atomic E-state index is 0.647. The van der Waals surface area contributed by atoms with Gasteiger partial charge >= 0.3 is 0 Å². The summed E-state index contributed by atoms with van der Waals surface area (Å²) in [6, 6.07) is 9.79. The summed E-state index contributed by atoms with van der Waals surface area (Å²) in [5.74, 6) is 0.805. The van der Waals surface area contributed by atoms with E-state index in [0.717, 1.165) is 12.0 Å². The van der Waals surface area contributed by atoms with E-state index < -0.39 is 0 Å². The van der Waals surface area contributed by atoms with Gasteiger partial charge in [-0.3, -0.25) is 0 Å². The predicted molar refractivity (Wildman–Crippen MR) is 72.3 cm³/mol. The zero-order valence-electron chi connectivity index (χ0n) is 11.0. The van der Waals surface area contributed by atoms with Crippen molar-refractivity contribution >= 4 is 0 Å². The fraction of sp³-hybridized carbons (Fsp3) is 0.625. The van der Waals surface area contributed by atoms with E-state index in [1.54, 1.807) is 5.56 Å². The molecular weight excluding hydrogens is 206 g/mol. The molecule has 2 aliphatic carbocycles. The fourth-order valence-corrected chi connectivity index (χ4v) is 2.76. The van der Waals surface area contributed by atoms with Gasteiger partial charge in [-0.25, -0.2) is 0 Å². The quantitative estimate of drug-likeness (QED) is 0.831. The molecule has 0 unspecified atom stereocenters. The monoisotopic (exact) mass is 229 g/mol. The van der Waals surface area contributed by atoms with Gasteiger partial charge < -0.3 is 5.32 Å². The normalized spacial score (nSPS) is 29.8. The van der Waals surface area contributed by atoms with Crippen molar-refractivity contribution in [3.8, 4) is 0 Å². The molecule has 92 valence electrons. The number of hydrogen-bond donors (Lipinski definition) is 1. The maximum absolute atomic E-state index is 3.74. The second-order valence-corrected chi connectivity index (χ2v) is 6.47. The molecule has 0 spiro atoms. The van der Waals surface area contributed by atoms with Crippen molar-refractivity contribution in [1.82, 2.24) is 5.32 Å². The molecule has 2 saturated carbocycles. The molecular formula is C16H23N. The Kier molecular flexibility index (Phi) is 2.74. The summed E-state index contributed by atoms with van der Waals surface area (Å²) in [6.07, 6.45) is 5.52. The standard InChI is InChI=1S/C16H23N/c1-12-4-3-5-13(8-12)14-9-15(10-14)17-11-16(2)6-7-16/h3-5,8,14-15,17H,6-7,9-11H2,1-2H3. The Hall–Kier alpha value is -0.820. The van der Waals surface area contributed by atoms with Crippen LogP contribution in [0.5, 0.6) is 0 Å². The first kappa shape index (κ1) is 11.3. The lowest BCUT2D eigenvalue weighted by Gasteiger charge is -2.37. The van der Waals surface area contributed by atoms with Crippen LogP contribution in [0.1, 0.15) is 49.7 Å². The molecule has 17 heavy (non-hydrogen) atoms. The molecule has 0 saturated heterocycles.